The lowest BCUT2D eigenvalue weighted by Crippen LogP contribution is -2.58. The zero-order valence-corrected chi connectivity index (χ0v) is 10.1. The molecule has 1 fully saturated rings. The summed E-state index contributed by atoms with van der Waals surface area (Å²) >= 11 is 0. The van der Waals surface area contributed by atoms with Crippen molar-refractivity contribution in [2.75, 3.05) is 19.4 Å². The maximum absolute atomic E-state index is 10.8. The number of hydrogen-bond donors (Lipinski definition) is 0. The van der Waals surface area contributed by atoms with Gasteiger partial charge >= 0.3 is 0 Å². The van der Waals surface area contributed by atoms with Crippen LogP contribution in [0.25, 0.3) is 0 Å². The van der Waals surface area contributed by atoms with Gasteiger partial charge in [0.25, 0.3) is 10.1 Å². The molecule has 84 valence electrons. The molecular weight excluding hydrogens is 202 g/mol. The molecule has 0 unspecified atom stereocenters. The van der Waals surface area contributed by atoms with Crippen LogP contribution in [0.3, 0.4) is 0 Å². The molecule has 0 N–H and O–H groups in total. The highest BCUT2D eigenvalue weighted by Gasteiger charge is 2.36. The third-order valence-electron chi connectivity index (χ3n) is 2.48. The largest absolute Gasteiger partial charge is 0.293 e. The SMILES string of the molecule is CC(C)(C)N1CC[C@@H]1COS(C)(=O)=O. The van der Waals surface area contributed by atoms with Crippen molar-refractivity contribution >= 4 is 10.1 Å². The predicted octanol–water partition coefficient (Wildman–Crippen LogP) is 0.835. The van der Waals surface area contributed by atoms with Crippen molar-refractivity contribution in [2.24, 2.45) is 0 Å². The van der Waals surface area contributed by atoms with E-state index in [9.17, 15) is 8.42 Å². The average Bonchev–Trinajstić information content (AvgIpc) is 1.76. The molecule has 5 heteroatoms. The summed E-state index contributed by atoms with van der Waals surface area (Å²) in [6.45, 7) is 7.69. The minimum absolute atomic E-state index is 0.101. The van der Waals surface area contributed by atoms with Crippen LogP contribution in [0.4, 0.5) is 0 Å². The Morgan fingerprint density at radius 1 is 1.43 bits per heavy atom. The summed E-state index contributed by atoms with van der Waals surface area (Å²) in [5.74, 6) is 0. The smallest absolute Gasteiger partial charge is 0.264 e. The van der Waals surface area contributed by atoms with Gasteiger partial charge in [-0.05, 0) is 27.2 Å². The van der Waals surface area contributed by atoms with Crippen LogP contribution in [0, 0.1) is 0 Å². The molecule has 14 heavy (non-hydrogen) atoms. The first-order valence-corrected chi connectivity index (χ1v) is 6.63. The Bertz CT molecular complexity index is 292. The lowest BCUT2D eigenvalue weighted by atomic mass is 9.94. The Balaban J connectivity index is 2.41. The maximum Gasteiger partial charge on any atom is 0.264 e. The molecule has 1 aliphatic heterocycles. The van der Waals surface area contributed by atoms with E-state index in [1.165, 1.54) is 0 Å². The fourth-order valence-electron chi connectivity index (χ4n) is 1.70. The molecule has 1 heterocycles. The lowest BCUT2D eigenvalue weighted by molar-refractivity contribution is -0.0196. The molecule has 0 amide bonds. The second-order valence-corrected chi connectivity index (χ2v) is 6.44. The second-order valence-electron chi connectivity index (χ2n) is 4.80. The van der Waals surface area contributed by atoms with Crippen LogP contribution in [0.5, 0.6) is 0 Å². The maximum atomic E-state index is 10.8. The van der Waals surface area contributed by atoms with E-state index in [1.807, 2.05) is 0 Å². The van der Waals surface area contributed by atoms with Crippen LogP contribution < -0.4 is 0 Å². The van der Waals surface area contributed by atoms with Crippen molar-refractivity contribution in [3.63, 3.8) is 0 Å². The molecule has 4 nitrogen and oxygen atoms in total. The molecule has 1 saturated heterocycles. The third kappa shape index (κ3) is 3.22. The van der Waals surface area contributed by atoms with Crippen molar-refractivity contribution in [3.8, 4) is 0 Å². The van der Waals surface area contributed by atoms with Gasteiger partial charge < -0.3 is 0 Å². The van der Waals surface area contributed by atoms with E-state index in [-0.39, 0.29) is 18.2 Å². The molecule has 0 bridgehead atoms. The van der Waals surface area contributed by atoms with Gasteiger partial charge in [0.1, 0.15) is 0 Å². The van der Waals surface area contributed by atoms with Gasteiger partial charge in [-0.1, -0.05) is 0 Å². The van der Waals surface area contributed by atoms with Gasteiger partial charge in [0.05, 0.1) is 12.9 Å². The number of nitrogens with zero attached hydrogens (tertiary/aromatic N) is 1. The molecule has 1 atom stereocenters. The number of hydrogen-bond acceptors (Lipinski definition) is 4. The van der Waals surface area contributed by atoms with E-state index in [1.54, 1.807) is 0 Å². The quantitative estimate of drug-likeness (QED) is 0.662. The highest BCUT2D eigenvalue weighted by Crippen LogP contribution is 2.27. The van der Waals surface area contributed by atoms with Gasteiger partial charge in [-0.25, -0.2) is 0 Å². The lowest BCUT2D eigenvalue weighted by Gasteiger charge is -2.49. The van der Waals surface area contributed by atoms with Crippen LogP contribution in [0.2, 0.25) is 0 Å². The van der Waals surface area contributed by atoms with Crippen molar-refractivity contribution in [3.05, 3.63) is 0 Å². The Morgan fingerprint density at radius 2 is 2.00 bits per heavy atom. The monoisotopic (exact) mass is 221 g/mol. The summed E-state index contributed by atoms with van der Waals surface area (Å²) in [5.41, 5.74) is 0.101. The highest BCUT2D eigenvalue weighted by atomic mass is 32.2. The molecule has 0 aromatic carbocycles. The number of rotatable bonds is 3. The highest BCUT2D eigenvalue weighted by molar-refractivity contribution is 7.85. The summed E-state index contributed by atoms with van der Waals surface area (Å²) in [7, 11) is -3.29. The molecule has 0 spiro atoms. The first kappa shape index (κ1) is 11.9. The van der Waals surface area contributed by atoms with Crippen molar-refractivity contribution < 1.29 is 12.6 Å². The zero-order chi connectivity index (χ0) is 11.0. The standard InChI is InChI=1S/C9H19NO3S/c1-9(2,3)10-6-5-8(10)7-13-14(4,11)12/h8H,5-7H2,1-4H3/t8-/m1/s1. The Kier molecular flexibility index (Phi) is 3.23. The molecule has 1 rings (SSSR count). The van der Waals surface area contributed by atoms with Crippen LogP contribution >= 0.6 is 0 Å². The second kappa shape index (κ2) is 3.79. The minimum atomic E-state index is -3.29. The van der Waals surface area contributed by atoms with Gasteiger partial charge in [0.15, 0.2) is 0 Å². The van der Waals surface area contributed by atoms with Crippen molar-refractivity contribution in [1.82, 2.24) is 4.90 Å². The Morgan fingerprint density at radius 3 is 2.29 bits per heavy atom. The first-order valence-electron chi connectivity index (χ1n) is 4.81. The third-order valence-corrected chi connectivity index (χ3v) is 3.04. The van der Waals surface area contributed by atoms with E-state index in [0.717, 1.165) is 19.2 Å². The van der Waals surface area contributed by atoms with E-state index in [4.69, 9.17) is 4.18 Å². The Labute approximate surface area is 86.4 Å². The molecule has 0 aromatic heterocycles. The van der Waals surface area contributed by atoms with Crippen LogP contribution in [0.1, 0.15) is 27.2 Å². The summed E-state index contributed by atoms with van der Waals surface area (Å²) in [6.07, 6.45) is 2.11. The fraction of sp³-hybridized carbons (Fsp3) is 1.00. The zero-order valence-electron chi connectivity index (χ0n) is 9.28. The van der Waals surface area contributed by atoms with Crippen molar-refractivity contribution in [2.45, 2.75) is 38.8 Å². The van der Waals surface area contributed by atoms with Crippen LogP contribution in [0.15, 0.2) is 0 Å². The molecule has 0 aliphatic carbocycles. The Hall–Kier alpha value is -0.130. The summed E-state index contributed by atoms with van der Waals surface area (Å²) in [4.78, 5) is 2.26. The molecular formula is C9H19NO3S. The fourth-order valence-corrected chi connectivity index (χ4v) is 2.10. The normalized spacial score (nSPS) is 24.7. The molecule has 0 aromatic rings. The average molecular weight is 221 g/mol. The van der Waals surface area contributed by atoms with E-state index in [2.05, 4.69) is 25.7 Å². The summed E-state index contributed by atoms with van der Waals surface area (Å²) in [5, 5.41) is 0. The topological polar surface area (TPSA) is 46.6 Å². The number of likely N-dealkylation sites (tertiary alicyclic amines) is 1. The van der Waals surface area contributed by atoms with E-state index < -0.39 is 10.1 Å². The molecule has 0 saturated carbocycles. The van der Waals surface area contributed by atoms with Crippen LogP contribution in [-0.4, -0.2) is 44.3 Å². The first-order chi connectivity index (χ1) is 6.20. The van der Waals surface area contributed by atoms with Crippen molar-refractivity contribution in [1.29, 1.82) is 0 Å². The van der Waals surface area contributed by atoms with Gasteiger partial charge in [0, 0.05) is 18.1 Å². The van der Waals surface area contributed by atoms with E-state index in [0.29, 0.717) is 0 Å². The van der Waals surface area contributed by atoms with Gasteiger partial charge in [-0.2, -0.15) is 8.42 Å². The molecule has 1 aliphatic rings. The van der Waals surface area contributed by atoms with E-state index >= 15 is 0 Å². The van der Waals surface area contributed by atoms with Gasteiger partial charge in [-0.15, -0.1) is 0 Å². The summed E-state index contributed by atoms with van der Waals surface area (Å²) < 4.78 is 26.4. The molecule has 0 radical (unpaired) electrons. The van der Waals surface area contributed by atoms with Gasteiger partial charge in [0.2, 0.25) is 0 Å². The minimum Gasteiger partial charge on any atom is -0.293 e. The predicted molar refractivity (Wildman–Crippen MR) is 55.7 cm³/mol. The van der Waals surface area contributed by atoms with Gasteiger partial charge in [-0.3, -0.25) is 9.08 Å². The van der Waals surface area contributed by atoms with Crippen LogP contribution in [-0.2, 0) is 14.3 Å². The summed E-state index contributed by atoms with van der Waals surface area (Å²) in [6, 6.07) is 0.254.